The topological polar surface area (TPSA) is 81.1 Å². The molecule has 0 aliphatic carbocycles. The lowest BCUT2D eigenvalue weighted by molar-refractivity contribution is 0.413. The third kappa shape index (κ3) is 2.25. The van der Waals surface area contributed by atoms with Crippen LogP contribution in [-0.2, 0) is 6.54 Å². The number of aromatic nitrogens is 2. The number of oxazole rings is 1. The van der Waals surface area contributed by atoms with Gasteiger partial charge in [0.05, 0.1) is 19.2 Å². The molecule has 0 atom stereocenters. The van der Waals surface area contributed by atoms with Gasteiger partial charge in [0.25, 0.3) is 0 Å². The Labute approximate surface area is 119 Å². The molecule has 3 rings (SSSR count). The zero-order valence-electron chi connectivity index (χ0n) is 11.2. The summed E-state index contributed by atoms with van der Waals surface area (Å²) in [4.78, 5) is 16.0. The van der Waals surface area contributed by atoms with Crippen LogP contribution >= 0.6 is 0 Å². The van der Waals surface area contributed by atoms with Crippen LogP contribution in [0, 0.1) is 11.3 Å². The Kier molecular flexibility index (Phi) is 3.16. The minimum Gasteiger partial charge on any atom is -0.495 e. The Bertz CT molecular complexity index is 902. The van der Waals surface area contributed by atoms with Crippen molar-refractivity contribution in [1.82, 2.24) is 9.55 Å². The van der Waals surface area contributed by atoms with Crippen LogP contribution in [0.4, 0.5) is 0 Å². The molecule has 0 bridgehead atoms. The number of ether oxygens (including phenoxy) is 1. The highest BCUT2D eigenvalue weighted by molar-refractivity contribution is 5.67. The highest BCUT2D eigenvalue weighted by Crippen LogP contribution is 2.20. The van der Waals surface area contributed by atoms with E-state index < -0.39 is 5.76 Å². The maximum Gasteiger partial charge on any atom is 0.421 e. The average Bonchev–Trinajstić information content (AvgIpc) is 2.83. The van der Waals surface area contributed by atoms with E-state index in [1.165, 1.54) is 11.7 Å². The molecule has 1 aromatic carbocycles. The Morgan fingerprint density at radius 2 is 2.29 bits per heavy atom. The van der Waals surface area contributed by atoms with Crippen molar-refractivity contribution in [3.05, 3.63) is 58.2 Å². The second-order valence-corrected chi connectivity index (χ2v) is 4.43. The minimum absolute atomic E-state index is 0.279. The quantitative estimate of drug-likeness (QED) is 0.732. The van der Waals surface area contributed by atoms with Gasteiger partial charge in [-0.15, -0.1) is 0 Å². The molecule has 2 heterocycles. The summed E-state index contributed by atoms with van der Waals surface area (Å²) in [5.41, 5.74) is 2.14. The van der Waals surface area contributed by atoms with Crippen molar-refractivity contribution in [3.63, 3.8) is 0 Å². The Morgan fingerprint density at radius 1 is 1.43 bits per heavy atom. The first-order valence-electron chi connectivity index (χ1n) is 6.24. The number of pyridine rings is 1. The summed E-state index contributed by atoms with van der Waals surface area (Å²) in [5.74, 6) is 0.0294. The fraction of sp³-hybridized carbons (Fsp3) is 0.133. The Hall–Kier alpha value is -3.07. The molecule has 0 unspecified atom stereocenters. The summed E-state index contributed by atoms with van der Waals surface area (Å²) in [6.07, 6.45) is 1.60. The van der Waals surface area contributed by atoms with Gasteiger partial charge >= 0.3 is 5.76 Å². The SMILES string of the molecule is COc1ccc(Cn2c(=O)oc3cccnc32)cc1C#N. The fourth-order valence-electron chi connectivity index (χ4n) is 2.16. The van der Waals surface area contributed by atoms with E-state index >= 15 is 0 Å². The normalized spacial score (nSPS) is 10.5. The molecule has 0 N–H and O–H groups in total. The zero-order valence-corrected chi connectivity index (χ0v) is 11.2. The van der Waals surface area contributed by atoms with Gasteiger partial charge in [-0.3, -0.25) is 4.57 Å². The second kappa shape index (κ2) is 5.13. The van der Waals surface area contributed by atoms with E-state index in [-0.39, 0.29) is 6.54 Å². The fourth-order valence-corrected chi connectivity index (χ4v) is 2.16. The van der Waals surface area contributed by atoms with Crippen molar-refractivity contribution in [2.24, 2.45) is 0 Å². The molecule has 0 fully saturated rings. The number of benzene rings is 1. The van der Waals surface area contributed by atoms with Crippen LogP contribution in [0.5, 0.6) is 5.75 Å². The van der Waals surface area contributed by atoms with Crippen molar-refractivity contribution < 1.29 is 9.15 Å². The van der Waals surface area contributed by atoms with Crippen molar-refractivity contribution in [1.29, 1.82) is 5.26 Å². The third-order valence-electron chi connectivity index (χ3n) is 3.15. The van der Waals surface area contributed by atoms with Crippen molar-refractivity contribution >= 4 is 11.2 Å². The van der Waals surface area contributed by atoms with Crippen molar-refractivity contribution in [2.75, 3.05) is 7.11 Å². The van der Waals surface area contributed by atoms with Crippen LogP contribution in [0.1, 0.15) is 11.1 Å². The second-order valence-electron chi connectivity index (χ2n) is 4.43. The predicted octanol–water partition coefficient (Wildman–Crippen LogP) is 1.92. The van der Waals surface area contributed by atoms with Gasteiger partial charge in [0.1, 0.15) is 11.8 Å². The zero-order chi connectivity index (χ0) is 14.8. The van der Waals surface area contributed by atoms with E-state index in [4.69, 9.17) is 14.4 Å². The van der Waals surface area contributed by atoms with Gasteiger partial charge in [0, 0.05) is 6.20 Å². The van der Waals surface area contributed by atoms with Gasteiger partial charge in [0.2, 0.25) is 0 Å². The van der Waals surface area contributed by atoms with Gasteiger partial charge in [-0.1, -0.05) is 6.07 Å². The first-order valence-corrected chi connectivity index (χ1v) is 6.24. The minimum atomic E-state index is -0.474. The van der Waals surface area contributed by atoms with Crippen LogP contribution in [0.3, 0.4) is 0 Å². The molecule has 0 spiro atoms. The van der Waals surface area contributed by atoms with Crippen LogP contribution in [0.2, 0.25) is 0 Å². The number of rotatable bonds is 3. The van der Waals surface area contributed by atoms with E-state index in [1.54, 1.807) is 36.5 Å². The summed E-state index contributed by atoms with van der Waals surface area (Å²) >= 11 is 0. The molecule has 6 nitrogen and oxygen atoms in total. The van der Waals surface area contributed by atoms with Gasteiger partial charge in [-0.25, -0.2) is 9.78 Å². The van der Waals surface area contributed by atoms with Crippen LogP contribution in [-0.4, -0.2) is 16.7 Å². The number of hydrogen-bond donors (Lipinski definition) is 0. The number of nitrogens with zero attached hydrogens (tertiary/aromatic N) is 3. The highest BCUT2D eigenvalue weighted by Gasteiger charge is 2.11. The van der Waals surface area contributed by atoms with Gasteiger partial charge < -0.3 is 9.15 Å². The number of nitriles is 1. The van der Waals surface area contributed by atoms with Crippen molar-refractivity contribution in [2.45, 2.75) is 6.54 Å². The summed E-state index contributed by atoms with van der Waals surface area (Å²) in [6, 6.07) is 10.7. The van der Waals surface area contributed by atoms with Crippen molar-refractivity contribution in [3.8, 4) is 11.8 Å². The largest absolute Gasteiger partial charge is 0.495 e. The summed E-state index contributed by atoms with van der Waals surface area (Å²) in [6.45, 7) is 0.279. The molecule has 0 aliphatic heterocycles. The summed E-state index contributed by atoms with van der Waals surface area (Å²) < 4.78 is 11.7. The maximum atomic E-state index is 11.9. The number of fused-ring (bicyclic) bond motifs is 1. The predicted molar refractivity (Wildman–Crippen MR) is 75.1 cm³/mol. The summed E-state index contributed by atoms with van der Waals surface area (Å²) in [5, 5.41) is 9.10. The molecular formula is C15H11N3O3. The maximum absolute atomic E-state index is 11.9. The monoisotopic (exact) mass is 281 g/mol. The van der Waals surface area contributed by atoms with Gasteiger partial charge in [-0.05, 0) is 29.8 Å². The van der Waals surface area contributed by atoms with E-state index in [0.29, 0.717) is 22.5 Å². The number of hydrogen-bond acceptors (Lipinski definition) is 5. The molecule has 0 amide bonds. The summed E-state index contributed by atoms with van der Waals surface area (Å²) in [7, 11) is 1.51. The van der Waals surface area contributed by atoms with Crippen LogP contribution < -0.4 is 10.5 Å². The molecule has 0 saturated carbocycles. The van der Waals surface area contributed by atoms with Crippen LogP contribution in [0.25, 0.3) is 11.2 Å². The van der Waals surface area contributed by atoms with Crippen LogP contribution in [0.15, 0.2) is 45.7 Å². The smallest absolute Gasteiger partial charge is 0.421 e. The molecule has 2 aromatic heterocycles. The lowest BCUT2D eigenvalue weighted by Crippen LogP contribution is -2.15. The molecule has 0 radical (unpaired) electrons. The van der Waals surface area contributed by atoms with E-state index in [2.05, 4.69) is 11.1 Å². The van der Waals surface area contributed by atoms with Gasteiger partial charge in [-0.2, -0.15) is 5.26 Å². The average molecular weight is 281 g/mol. The van der Waals surface area contributed by atoms with E-state index in [9.17, 15) is 4.79 Å². The molecule has 21 heavy (non-hydrogen) atoms. The molecule has 0 saturated heterocycles. The molecule has 0 aliphatic rings. The Balaban J connectivity index is 2.05. The lowest BCUT2D eigenvalue weighted by atomic mass is 10.1. The lowest BCUT2D eigenvalue weighted by Gasteiger charge is -2.06. The highest BCUT2D eigenvalue weighted by atomic mass is 16.5. The molecular weight excluding hydrogens is 270 g/mol. The Morgan fingerprint density at radius 3 is 3.05 bits per heavy atom. The first-order chi connectivity index (χ1) is 10.2. The van der Waals surface area contributed by atoms with Gasteiger partial charge in [0.15, 0.2) is 11.2 Å². The standard InChI is InChI=1S/C15H11N3O3/c1-20-12-5-4-10(7-11(12)8-16)9-18-14-13(21-15(18)19)3-2-6-17-14/h2-7H,9H2,1H3. The molecule has 6 heteroatoms. The molecule has 3 aromatic rings. The van der Waals surface area contributed by atoms with E-state index in [0.717, 1.165) is 5.56 Å². The number of methoxy groups -OCH3 is 1. The van der Waals surface area contributed by atoms with E-state index in [1.807, 2.05) is 0 Å². The first kappa shape index (κ1) is 12.9. The third-order valence-corrected chi connectivity index (χ3v) is 3.15. The molecule has 104 valence electrons.